The highest BCUT2D eigenvalue weighted by Crippen LogP contribution is 2.34. The van der Waals surface area contributed by atoms with E-state index in [1.807, 2.05) is 29.2 Å². The maximum absolute atomic E-state index is 12.5. The van der Waals surface area contributed by atoms with E-state index in [2.05, 4.69) is 10.3 Å². The van der Waals surface area contributed by atoms with Crippen molar-refractivity contribution in [1.29, 1.82) is 0 Å². The summed E-state index contributed by atoms with van der Waals surface area (Å²) in [7, 11) is -2.92. The molecule has 0 radical (unpaired) electrons. The van der Waals surface area contributed by atoms with E-state index in [4.69, 9.17) is 0 Å². The van der Waals surface area contributed by atoms with Gasteiger partial charge in [0, 0.05) is 24.0 Å². The van der Waals surface area contributed by atoms with Crippen molar-refractivity contribution in [2.45, 2.75) is 43.4 Å². The average molecular weight is 408 g/mol. The van der Waals surface area contributed by atoms with Crippen LogP contribution in [0.5, 0.6) is 0 Å². The fraction of sp³-hybridized carbons (Fsp3) is 0.579. The largest absolute Gasteiger partial charge is 0.342 e. The van der Waals surface area contributed by atoms with Crippen molar-refractivity contribution in [3.8, 4) is 0 Å². The third kappa shape index (κ3) is 4.66. The number of nitrogens with zero attached hydrogens (tertiary/aromatic N) is 2. The molecule has 1 N–H and O–H groups in total. The molecule has 1 aromatic rings. The molecule has 6 nitrogen and oxygen atoms in total. The van der Waals surface area contributed by atoms with Crippen molar-refractivity contribution >= 4 is 38.4 Å². The first-order valence-electron chi connectivity index (χ1n) is 9.57. The van der Waals surface area contributed by atoms with Crippen LogP contribution in [-0.4, -0.2) is 60.3 Å². The molecule has 4 rings (SSSR count). The monoisotopic (exact) mass is 407 g/mol. The predicted molar refractivity (Wildman–Crippen MR) is 110 cm³/mol. The molecular weight excluding hydrogens is 382 g/mol. The molecule has 2 saturated heterocycles. The summed E-state index contributed by atoms with van der Waals surface area (Å²) in [5.74, 6) is 0.587. The van der Waals surface area contributed by atoms with Crippen molar-refractivity contribution in [2.24, 2.45) is 4.99 Å². The maximum atomic E-state index is 12.5. The van der Waals surface area contributed by atoms with Gasteiger partial charge in [0.1, 0.15) is 0 Å². The number of carbonyl (C=O) groups is 1. The van der Waals surface area contributed by atoms with Gasteiger partial charge in [-0.2, -0.15) is 0 Å². The molecule has 0 unspecified atom stereocenters. The fourth-order valence-electron chi connectivity index (χ4n) is 3.85. The molecule has 0 aromatic heterocycles. The second kappa shape index (κ2) is 7.83. The molecule has 3 heterocycles. The Hall–Kier alpha value is -1.54. The van der Waals surface area contributed by atoms with Gasteiger partial charge in [-0.05, 0) is 30.5 Å². The summed E-state index contributed by atoms with van der Waals surface area (Å²) in [5, 5.41) is 4.10. The van der Waals surface area contributed by atoms with E-state index in [0.717, 1.165) is 42.3 Å². The van der Waals surface area contributed by atoms with Gasteiger partial charge in [-0.1, -0.05) is 36.7 Å². The highest BCUT2D eigenvalue weighted by Gasteiger charge is 2.42. The SMILES string of the molecule is O=C(Cc1ccc(NC2=N[C@H]3CS(=O)(=O)C[C@H]3S2)cc1)N1CCCCCC1. The second-order valence-electron chi connectivity index (χ2n) is 7.53. The standard InChI is InChI=1S/C19H25N3O3S2/c23-18(22-9-3-1-2-4-10-22)11-14-5-7-15(8-6-14)20-19-21-16-12-27(24,25)13-17(16)26-19/h5-8,16-17H,1-4,9-13H2,(H,20,21)/t16-,17+/m0/s1. The highest BCUT2D eigenvalue weighted by molar-refractivity contribution is 8.15. The van der Waals surface area contributed by atoms with Crippen LogP contribution in [-0.2, 0) is 21.1 Å². The summed E-state index contributed by atoms with van der Waals surface area (Å²) < 4.78 is 23.3. The molecule has 2 atom stereocenters. The van der Waals surface area contributed by atoms with Crippen LogP contribution in [0.25, 0.3) is 0 Å². The number of sulfone groups is 1. The number of amidine groups is 1. The number of nitrogens with one attached hydrogen (secondary N) is 1. The number of anilines is 1. The van der Waals surface area contributed by atoms with E-state index in [9.17, 15) is 13.2 Å². The van der Waals surface area contributed by atoms with Crippen LogP contribution in [0.15, 0.2) is 29.3 Å². The van der Waals surface area contributed by atoms with Gasteiger partial charge >= 0.3 is 0 Å². The Bertz CT molecular complexity index is 828. The lowest BCUT2D eigenvalue weighted by molar-refractivity contribution is -0.130. The van der Waals surface area contributed by atoms with Crippen LogP contribution in [0, 0.1) is 0 Å². The lowest BCUT2D eigenvalue weighted by Gasteiger charge is -2.20. The molecule has 3 aliphatic rings. The van der Waals surface area contributed by atoms with E-state index in [-0.39, 0.29) is 28.7 Å². The predicted octanol–water partition coefficient (Wildman–Crippen LogP) is 2.31. The Morgan fingerprint density at radius 2 is 1.81 bits per heavy atom. The van der Waals surface area contributed by atoms with Crippen LogP contribution in [0.2, 0.25) is 0 Å². The van der Waals surface area contributed by atoms with Crippen LogP contribution in [0.1, 0.15) is 31.2 Å². The number of rotatable bonds is 3. The molecule has 1 amide bonds. The minimum absolute atomic E-state index is 0.0445. The van der Waals surface area contributed by atoms with Gasteiger partial charge in [0.15, 0.2) is 15.0 Å². The molecule has 27 heavy (non-hydrogen) atoms. The molecule has 1 aromatic carbocycles. The molecule has 0 spiro atoms. The van der Waals surface area contributed by atoms with Crippen LogP contribution in [0.4, 0.5) is 5.69 Å². The Balaban J connectivity index is 1.32. The number of aliphatic imine (C=N–C) groups is 1. The number of hydrogen-bond acceptors (Lipinski definition) is 6. The van der Waals surface area contributed by atoms with Crippen LogP contribution >= 0.6 is 11.8 Å². The number of amides is 1. The molecule has 3 aliphatic heterocycles. The van der Waals surface area contributed by atoms with Crippen LogP contribution < -0.4 is 5.32 Å². The van der Waals surface area contributed by atoms with Gasteiger partial charge in [-0.15, -0.1) is 0 Å². The first-order valence-corrected chi connectivity index (χ1v) is 12.3. The number of fused-ring (bicyclic) bond motifs is 1. The fourth-order valence-corrected chi connectivity index (χ4v) is 7.53. The molecule has 146 valence electrons. The van der Waals surface area contributed by atoms with Gasteiger partial charge in [-0.3, -0.25) is 9.79 Å². The van der Waals surface area contributed by atoms with Gasteiger partial charge in [0.25, 0.3) is 0 Å². The Kier molecular flexibility index (Phi) is 5.45. The zero-order valence-electron chi connectivity index (χ0n) is 15.3. The van der Waals surface area contributed by atoms with Crippen molar-refractivity contribution in [2.75, 3.05) is 29.9 Å². The first-order chi connectivity index (χ1) is 13.0. The zero-order chi connectivity index (χ0) is 18.9. The summed E-state index contributed by atoms with van der Waals surface area (Å²) in [6.07, 6.45) is 5.10. The number of likely N-dealkylation sites (tertiary alicyclic amines) is 1. The summed E-state index contributed by atoms with van der Waals surface area (Å²) >= 11 is 1.51. The van der Waals surface area contributed by atoms with Gasteiger partial charge in [0.05, 0.1) is 24.0 Å². The third-order valence-electron chi connectivity index (χ3n) is 5.34. The quantitative estimate of drug-likeness (QED) is 0.832. The minimum Gasteiger partial charge on any atom is -0.342 e. The number of thioether (sulfide) groups is 1. The topological polar surface area (TPSA) is 78.8 Å². The smallest absolute Gasteiger partial charge is 0.226 e. The van der Waals surface area contributed by atoms with Crippen molar-refractivity contribution in [3.63, 3.8) is 0 Å². The van der Waals surface area contributed by atoms with Crippen molar-refractivity contribution < 1.29 is 13.2 Å². The molecule has 0 bridgehead atoms. The Morgan fingerprint density at radius 1 is 1.11 bits per heavy atom. The minimum atomic E-state index is -2.92. The van der Waals surface area contributed by atoms with Gasteiger partial charge in [-0.25, -0.2) is 8.42 Å². The number of hydrogen-bond donors (Lipinski definition) is 1. The van der Waals surface area contributed by atoms with E-state index in [1.165, 1.54) is 24.6 Å². The van der Waals surface area contributed by atoms with E-state index >= 15 is 0 Å². The van der Waals surface area contributed by atoms with E-state index < -0.39 is 9.84 Å². The number of benzene rings is 1. The molecule has 0 saturated carbocycles. The second-order valence-corrected chi connectivity index (χ2v) is 10.9. The highest BCUT2D eigenvalue weighted by atomic mass is 32.2. The van der Waals surface area contributed by atoms with Crippen molar-refractivity contribution in [3.05, 3.63) is 29.8 Å². The molecule has 0 aliphatic carbocycles. The van der Waals surface area contributed by atoms with Gasteiger partial charge < -0.3 is 10.2 Å². The molecule has 8 heteroatoms. The summed E-state index contributed by atoms with van der Waals surface area (Å²) in [6.45, 7) is 1.77. The zero-order valence-corrected chi connectivity index (χ0v) is 16.9. The van der Waals surface area contributed by atoms with E-state index in [1.54, 1.807) is 0 Å². The Morgan fingerprint density at radius 3 is 2.48 bits per heavy atom. The summed E-state index contributed by atoms with van der Waals surface area (Å²) in [6, 6.07) is 7.75. The maximum Gasteiger partial charge on any atom is 0.226 e. The Labute approximate surface area is 164 Å². The summed E-state index contributed by atoms with van der Waals surface area (Å²) in [5.41, 5.74) is 1.92. The van der Waals surface area contributed by atoms with E-state index in [0.29, 0.717) is 6.42 Å². The van der Waals surface area contributed by atoms with Gasteiger partial charge in [0.2, 0.25) is 5.91 Å². The lowest BCUT2D eigenvalue weighted by Crippen LogP contribution is -2.33. The normalized spacial score (nSPS) is 27.0. The third-order valence-corrected chi connectivity index (χ3v) is 8.48. The van der Waals surface area contributed by atoms with Crippen molar-refractivity contribution in [1.82, 2.24) is 4.90 Å². The first kappa shape index (κ1) is 18.8. The molecule has 2 fully saturated rings. The summed E-state index contributed by atoms with van der Waals surface area (Å²) in [4.78, 5) is 19.0. The average Bonchev–Trinajstić information content (AvgIpc) is 2.97. The number of carbonyl (C=O) groups excluding carboxylic acids is 1. The molecular formula is C19H25N3O3S2. The van der Waals surface area contributed by atoms with Crippen LogP contribution in [0.3, 0.4) is 0 Å². The lowest BCUT2D eigenvalue weighted by atomic mass is 10.1.